The first-order chi connectivity index (χ1) is 15.4. The number of nitrogens with zero attached hydrogens (tertiary/aromatic N) is 1. The summed E-state index contributed by atoms with van der Waals surface area (Å²) in [5.74, 6) is -1.29. The van der Waals surface area contributed by atoms with Crippen LogP contribution < -0.4 is 5.32 Å². The van der Waals surface area contributed by atoms with E-state index in [4.69, 9.17) is 9.47 Å². The number of carboxylic acids is 1. The Kier molecular flexibility index (Phi) is 8.64. The Balaban J connectivity index is 1.67. The molecule has 0 aromatic heterocycles. The minimum Gasteiger partial charge on any atom is -0.480 e. The number of aliphatic carboxylic acids is 1. The number of benzene rings is 1. The summed E-state index contributed by atoms with van der Waals surface area (Å²) in [7, 11) is 0. The lowest BCUT2D eigenvalue weighted by Gasteiger charge is -2.45. The second-order valence-electron chi connectivity index (χ2n) is 8.68. The van der Waals surface area contributed by atoms with Crippen molar-refractivity contribution in [2.75, 3.05) is 26.4 Å². The van der Waals surface area contributed by atoms with Crippen molar-refractivity contribution < 1.29 is 29.0 Å². The van der Waals surface area contributed by atoms with Gasteiger partial charge in [-0.15, -0.1) is 0 Å². The third-order valence-electron chi connectivity index (χ3n) is 6.49. The molecule has 2 N–H and O–H groups in total. The van der Waals surface area contributed by atoms with Gasteiger partial charge in [0.2, 0.25) is 5.91 Å². The van der Waals surface area contributed by atoms with Gasteiger partial charge in [0.05, 0.1) is 19.3 Å². The van der Waals surface area contributed by atoms with Crippen LogP contribution >= 0.6 is 0 Å². The molecule has 1 aromatic carbocycles. The second-order valence-corrected chi connectivity index (χ2v) is 8.68. The molecule has 3 rings (SSSR count). The van der Waals surface area contributed by atoms with Gasteiger partial charge in [-0.3, -0.25) is 14.9 Å². The van der Waals surface area contributed by atoms with E-state index in [1.807, 2.05) is 30.3 Å². The Morgan fingerprint density at radius 1 is 1.25 bits per heavy atom. The standard InChI is InChI=1S/C24H34N2O6/c1-3-32-24(30)20(10-9-17-7-5-4-6-8-17)25-16(2)22(27)26-14-19-15-31-12-11-18(19)13-21(26)23(28)29/h4-8,16,18-21,25H,3,9-15H2,1-2H3,(H,28,29)/t16-,18?,19?,20?,21?/m0/s1. The summed E-state index contributed by atoms with van der Waals surface area (Å²) in [6.45, 7) is 5.22. The van der Waals surface area contributed by atoms with Gasteiger partial charge in [-0.05, 0) is 51.0 Å². The van der Waals surface area contributed by atoms with Gasteiger partial charge in [0.1, 0.15) is 12.1 Å². The van der Waals surface area contributed by atoms with Crippen molar-refractivity contribution in [2.24, 2.45) is 11.8 Å². The van der Waals surface area contributed by atoms with Crippen LogP contribution in [0.1, 0.15) is 38.7 Å². The number of carbonyl (C=O) groups excluding carboxylic acids is 2. The van der Waals surface area contributed by atoms with Gasteiger partial charge in [-0.2, -0.15) is 0 Å². The third-order valence-corrected chi connectivity index (χ3v) is 6.49. The maximum Gasteiger partial charge on any atom is 0.326 e. The highest BCUT2D eigenvalue weighted by atomic mass is 16.5. The Morgan fingerprint density at radius 3 is 2.69 bits per heavy atom. The van der Waals surface area contributed by atoms with Crippen LogP contribution in [0.25, 0.3) is 0 Å². The summed E-state index contributed by atoms with van der Waals surface area (Å²) in [4.78, 5) is 39.2. The molecule has 0 spiro atoms. The average molecular weight is 447 g/mol. The van der Waals surface area contributed by atoms with Gasteiger partial charge in [0.25, 0.3) is 0 Å². The van der Waals surface area contributed by atoms with Gasteiger partial charge in [-0.25, -0.2) is 4.79 Å². The highest BCUT2D eigenvalue weighted by Gasteiger charge is 2.43. The van der Waals surface area contributed by atoms with Crippen molar-refractivity contribution in [3.8, 4) is 0 Å². The number of ether oxygens (including phenoxy) is 2. The Morgan fingerprint density at radius 2 is 2.00 bits per heavy atom. The Bertz CT molecular complexity index is 786. The first kappa shape index (κ1) is 24.2. The number of rotatable bonds is 9. The zero-order valence-electron chi connectivity index (χ0n) is 18.9. The fraction of sp³-hybridized carbons (Fsp3) is 0.625. The van der Waals surface area contributed by atoms with Gasteiger partial charge < -0.3 is 19.5 Å². The van der Waals surface area contributed by atoms with Gasteiger partial charge >= 0.3 is 11.9 Å². The van der Waals surface area contributed by atoms with E-state index < -0.39 is 30.1 Å². The number of esters is 1. The lowest BCUT2D eigenvalue weighted by molar-refractivity contribution is -0.159. The highest BCUT2D eigenvalue weighted by Crippen LogP contribution is 2.34. The largest absolute Gasteiger partial charge is 0.480 e. The normalized spacial score (nSPS) is 24.8. The number of hydrogen-bond donors (Lipinski definition) is 2. The lowest BCUT2D eigenvalue weighted by Crippen LogP contribution is -2.60. The molecule has 2 fully saturated rings. The Hall–Kier alpha value is -2.45. The molecule has 176 valence electrons. The molecular weight excluding hydrogens is 412 g/mol. The van der Waals surface area contributed by atoms with E-state index in [0.717, 1.165) is 12.0 Å². The van der Waals surface area contributed by atoms with Crippen LogP contribution in [-0.2, 0) is 30.3 Å². The molecule has 8 heteroatoms. The molecule has 1 amide bonds. The average Bonchev–Trinajstić information content (AvgIpc) is 2.80. The van der Waals surface area contributed by atoms with Crippen LogP contribution in [0.2, 0.25) is 0 Å². The molecule has 1 aromatic rings. The molecule has 0 bridgehead atoms. The zero-order valence-corrected chi connectivity index (χ0v) is 18.9. The Labute approximate surface area is 189 Å². The third kappa shape index (κ3) is 6.07. The molecule has 2 aliphatic heterocycles. The van der Waals surface area contributed by atoms with E-state index in [0.29, 0.717) is 39.0 Å². The number of carbonyl (C=O) groups is 3. The summed E-state index contributed by atoms with van der Waals surface area (Å²) < 4.78 is 10.8. The number of likely N-dealkylation sites (tertiary alicyclic amines) is 1. The monoisotopic (exact) mass is 446 g/mol. The summed E-state index contributed by atoms with van der Waals surface area (Å²) in [5, 5.41) is 12.9. The SMILES string of the molecule is CCOC(=O)C(CCc1ccccc1)N[C@@H](C)C(=O)N1CC2COCCC2CC1C(=O)O. The molecule has 5 atom stereocenters. The van der Waals surface area contributed by atoms with E-state index in [9.17, 15) is 19.5 Å². The van der Waals surface area contributed by atoms with E-state index in [1.54, 1.807) is 13.8 Å². The molecule has 8 nitrogen and oxygen atoms in total. The number of hydrogen-bond acceptors (Lipinski definition) is 6. The van der Waals surface area contributed by atoms with Gasteiger partial charge in [0.15, 0.2) is 0 Å². The predicted molar refractivity (Wildman–Crippen MR) is 118 cm³/mol. The quantitative estimate of drug-likeness (QED) is 0.558. The first-order valence-electron chi connectivity index (χ1n) is 11.5. The van der Waals surface area contributed by atoms with Crippen molar-refractivity contribution in [2.45, 2.75) is 57.7 Å². The summed E-state index contributed by atoms with van der Waals surface area (Å²) >= 11 is 0. The molecule has 32 heavy (non-hydrogen) atoms. The molecular formula is C24H34N2O6. The van der Waals surface area contributed by atoms with E-state index in [1.165, 1.54) is 4.90 Å². The molecule has 2 heterocycles. The predicted octanol–water partition coefficient (Wildman–Crippen LogP) is 1.87. The van der Waals surface area contributed by atoms with Gasteiger partial charge in [-0.1, -0.05) is 30.3 Å². The fourth-order valence-corrected chi connectivity index (χ4v) is 4.71. The molecule has 0 aliphatic carbocycles. The van der Waals surface area contributed by atoms with Crippen molar-refractivity contribution in [1.29, 1.82) is 0 Å². The van der Waals surface area contributed by atoms with Crippen LogP contribution in [0.5, 0.6) is 0 Å². The maximum atomic E-state index is 13.3. The summed E-state index contributed by atoms with van der Waals surface area (Å²) in [5.41, 5.74) is 1.09. The highest BCUT2D eigenvalue weighted by molar-refractivity contribution is 5.87. The van der Waals surface area contributed by atoms with Crippen LogP contribution in [0.4, 0.5) is 0 Å². The van der Waals surface area contributed by atoms with Crippen LogP contribution in [0.15, 0.2) is 30.3 Å². The molecule has 4 unspecified atom stereocenters. The maximum absolute atomic E-state index is 13.3. The van der Waals surface area contributed by atoms with E-state index >= 15 is 0 Å². The molecule has 0 radical (unpaired) electrons. The molecule has 0 saturated carbocycles. The van der Waals surface area contributed by atoms with Crippen molar-refractivity contribution in [3.05, 3.63) is 35.9 Å². The summed E-state index contributed by atoms with van der Waals surface area (Å²) in [6.07, 6.45) is 2.40. The first-order valence-corrected chi connectivity index (χ1v) is 11.5. The topological polar surface area (TPSA) is 105 Å². The lowest BCUT2D eigenvalue weighted by atomic mass is 9.79. The number of carboxylic acid groups (broad SMARTS) is 1. The molecule has 2 saturated heterocycles. The van der Waals surface area contributed by atoms with Crippen molar-refractivity contribution in [1.82, 2.24) is 10.2 Å². The zero-order chi connectivity index (χ0) is 23.1. The molecule has 2 aliphatic rings. The van der Waals surface area contributed by atoms with Gasteiger partial charge in [0, 0.05) is 19.1 Å². The van der Waals surface area contributed by atoms with Crippen LogP contribution in [0.3, 0.4) is 0 Å². The minimum absolute atomic E-state index is 0.148. The number of piperidine rings is 1. The number of nitrogens with one attached hydrogen (secondary N) is 1. The second kappa shape index (κ2) is 11.4. The minimum atomic E-state index is -0.985. The summed E-state index contributed by atoms with van der Waals surface area (Å²) in [6, 6.07) is 7.57. The van der Waals surface area contributed by atoms with E-state index in [2.05, 4.69) is 5.32 Å². The number of aryl methyl sites for hydroxylation is 1. The van der Waals surface area contributed by atoms with Crippen LogP contribution in [-0.4, -0.2) is 72.3 Å². The number of fused-ring (bicyclic) bond motifs is 1. The van der Waals surface area contributed by atoms with E-state index in [-0.39, 0.29) is 24.3 Å². The fourth-order valence-electron chi connectivity index (χ4n) is 4.71. The smallest absolute Gasteiger partial charge is 0.326 e. The van der Waals surface area contributed by atoms with Crippen LogP contribution in [0, 0.1) is 11.8 Å². The van der Waals surface area contributed by atoms with Crippen molar-refractivity contribution >= 4 is 17.8 Å². The number of amides is 1. The van der Waals surface area contributed by atoms with Crippen molar-refractivity contribution in [3.63, 3.8) is 0 Å².